The van der Waals surface area contributed by atoms with Gasteiger partial charge in [-0.15, -0.1) is 0 Å². The molecule has 4 heteroatoms. The molecule has 1 N–H and O–H groups in total. The van der Waals surface area contributed by atoms with Crippen LogP contribution in [0.3, 0.4) is 0 Å². The van der Waals surface area contributed by atoms with E-state index in [-0.39, 0.29) is 12.4 Å². The maximum atomic E-state index is 10.8. The minimum Gasteiger partial charge on any atom is -0.478 e. The highest BCUT2D eigenvalue weighted by Gasteiger charge is 1.94. The number of ether oxygens (including phenoxy) is 1. The number of rotatable bonds is 3. The number of hydrogen-bond acceptors (Lipinski definition) is 3. The van der Waals surface area contributed by atoms with Crippen LogP contribution in [0.15, 0.2) is 30.3 Å². The van der Waals surface area contributed by atoms with Crippen molar-refractivity contribution in [3.63, 3.8) is 0 Å². The minimum atomic E-state index is -0.989. The first-order valence-electron chi connectivity index (χ1n) is 5.18. The van der Waals surface area contributed by atoms with E-state index in [1.807, 2.05) is 0 Å². The van der Waals surface area contributed by atoms with Gasteiger partial charge in [0.1, 0.15) is 6.42 Å². The Morgan fingerprint density at radius 1 is 1.33 bits per heavy atom. The summed E-state index contributed by atoms with van der Waals surface area (Å²) < 4.78 is 4.46. The third-order valence-corrected chi connectivity index (χ3v) is 2.02. The van der Waals surface area contributed by atoms with E-state index < -0.39 is 5.97 Å². The van der Waals surface area contributed by atoms with Gasteiger partial charge in [-0.1, -0.05) is 24.0 Å². The van der Waals surface area contributed by atoms with Gasteiger partial charge in [-0.25, -0.2) is 4.79 Å². The van der Waals surface area contributed by atoms with Gasteiger partial charge in [-0.3, -0.25) is 4.79 Å². The van der Waals surface area contributed by atoms with Gasteiger partial charge in [-0.2, -0.15) is 0 Å². The lowest BCUT2D eigenvalue weighted by Crippen LogP contribution is -1.96. The molecule has 0 aromatic heterocycles. The van der Waals surface area contributed by atoms with Crippen molar-refractivity contribution < 1.29 is 19.4 Å². The molecule has 0 unspecified atom stereocenters. The van der Waals surface area contributed by atoms with E-state index in [0.29, 0.717) is 0 Å². The molecule has 0 amide bonds. The lowest BCUT2D eigenvalue weighted by Gasteiger charge is -1.93. The second kappa shape index (κ2) is 6.92. The summed E-state index contributed by atoms with van der Waals surface area (Å²) in [6.07, 6.45) is 2.61. The second-order valence-electron chi connectivity index (χ2n) is 3.35. The minimum absolute atomic E-state index is 0.0527. The lowest BCUT2D eigenvalue weighted by atomic mass is 10.1. The number of esters is 1. The van der Waals surface area contributed by atoms with Crippen molar-refractivity contribution in [2.45, 2.75) is 6.42 Å². The number of hydrogen-bond donors (Lipinski definition) is 1. The van der Waals surface area contributed by atoms with E-state index in [1.54, 1.807) is 24.3 Å². The van der Waals surface area contributed by atoms with Crippen molar-refractivity contribution in [2.24, 2.45) is 0 Å². The molecule has 4 nitrogen and oxygen atoms in total. The monoisotopic (exact) mass is 244 g/mol. The van der Waals surface area contributed by atoms with Gasteiger partial charge in [0.05, 0.1) is 7.11 Å². The van der Waals surface area contributed by atoms with E-state index in [9.17, 15) is 9.59 Å². The Morgan fingerprint density at radius 3 is 2.56 bits per heavy atom. The number of benzene rings is 1. The van der Waals surface area contributed by atoms with Gasteiger partial charge in [0.15, 0.2) is 0 Å². The molecule has 0 heterocycles. The molecule has 1 aromatic rings. The molecule has 18 heavy (non-hydrogen) atoms. The molecule has 0 spiro atoms. The molecule has 0 saturated heterocycles. The van der Waals surface area contributed by atoms with Gasteiger partial charge in [0.2, 0.25) is 0 Å². The molecule has 1 rings (SSSR count). The van der Waals surface area contributed by atoms with E-state index in [0.717, 1.165) is 17.2 Å². The smallest absolute Gasteiger partial charge is 0.328 e. The number of carboxylic acids is 1. The zero-order chi connectivity index (χ0) is 13.4. The largest absolute Gasteiger partial charge is 0.478 e. The molecule has 0 atom stereocenters. The Hall–Kier alpha value is -2.54. The Bertz CT molecular complexity index is 515. The van der Waals surface area contributed by atoms with Gasteiger partial charge in [0.25, 0.3) is 0 Å². The van der Waals surface area contributed by atoms with Crippen LogP contribution >= 0.6 is 0 Å². The normalized spacial score (nSPS) is 9.61. The summed E-state index contributed by atoms with van der Waals surface area (Å²) in [5.41, 5.74) is 1.53. The van der Waals surface area contributed by atoms with Gasteiger partial charge in [-0.05, 0) is 23.8 Å². The first-order chi connectivity index (χ1) is 8.61. The second-order valence-corrected chi connectivity index (χ2v) is 3.35. The van der Waals surface area contributed by atoms with Crippen LogP contribution in [0.1, 0.15) is 17.5 Å². The van der Waals surface area contributed by atoms with Crippen LogP contribution in [0.2, 0.25) is 0 Å². The molecule has 0 aliphatic carbocycles. The van der Waals surface area contributed by atoms with Crippen LogP contribution in [0, 0.1) is 11.8 Å². The molecule has 92 valence electrons. The van der Waals surface area contributed by atoms with Crippen LogP contribution in [0.4, 0.5) is 0 Å². The fourth-order valence-electron chi connectivity index (χ4n) is 1.14. The average Bonchev–Trinajstić information content (AvgIpc) is 2.37. The van der Waals surface area contributed by atoms with Crippen LogP contribution in [-0.4, -0.2) is 24.2 Å². The summed E-state index contributed by atoms with van der Waals surface area (Å²) in [6, 6.07) is 7.01. The highest BCUT2D eigenvalue weighted by atomic mass is 16.5. The van der Waals surface area contributed by atoms with Crippen LogP contribution in [0.25, 0.3) is 6.08 Å². The van der Waals surface area contributed by atoms with Crippen molar-refractivity contribution in [3.8, 4) is 11.8 Å². The van der Waals surface area contributed by atoms with Gasteiger partial charge < -0.3 is 9.84 Å². The standard InChI is InChI=1S/C14H12O4/c1-18-14(17)4-2-3-11-5-7-12(8-6-11)9-10-13(15)16/h5-10H,4H2,1H3,(H,15,16)/b10-9+. The fraction of sp³-hybridized carbons (Fsp3) is 0.143. The molecule has 0 fully saturated rings. The van der Waals surface area contributed by atoms with Crippen molar-refractivity contribution in [1.82, 2.24) is 0 Å². The van der Waals surface area contributed by atoms with Crippen molar-refractivity contribution in [3.05, 3.63) is 41.5 Å². The molecule has 0 radical (unpaired) electrons. The van der Waals surface area contributed by atoms with E-state index in [1.165, 1.54) is 13.2 Å². The molecular formula is C14H12O4. The molecule has 0 saturated carbocycles. The maximum absolute atomic E-state index is 10.8. The summed E-state index contributed by atoms with van der Waals surface area (Å²) >= 11 is 0. The SMILES string of the molecule is COC(=O)CC#Cc1ccc(/C=C/C(=O)O)cc1. The predicted octanol–water partition coefficient (Wildman–Crippen LogP) is 1.70. The number of carboxylic acid groups (broad SMARTS) is 1. The number of methoxy groups -OCH3 is 1. The van der Waals surface area contributed by atoms with Gasteiger partial charge >= 0.3 is 11.9 Å². The van der Waals surface area contributed by atoms with Crippen molar-refractivity contribution >= 4 is 18.0 Å². The first-order valence-corrected chi connectivity index (χ1v) is 5.18. The first kappa shape index (κ1) is 13.5. The average molecular weight is 244 g/mol. The van der Waals surface area contributed by atoms with E-state index >= 15 is 0 Å². The summed E-state index contributed by atoms with van der Waals surface area (Å²) in [7, 11) is 1.31. The summed E-state index contributed by atoms with van der Waals surface area (Å²) in [6.45, 7) is 0. The van der Waals surface area contributed by atoms with Crippen LogP contribution < -0.4 is 0 Å². The molecule has 0 bridgehead atoms. The highest BCUT2D eigenvalue weighted by Crippen LogP contribution is 2.05. The fourth-order valence-corrected chi connectivity index (χ4v) is 1.14. The predicted molar refractivity (Wildman–Crippen MR) is 66.6 cm³/mol. The molecular weight excluding hydrogens is 232 g/mol. The van der Waals surface area contributed by atoms with Crippen LogP contribution in [-0.2, 0) is 14.3 Å². The van der Waals surface area contributed by atoms with E-state index in [2.05, 4.69) is 16.6 Å². The third kappa shape index (κ3) is 4.99. The quantitative estimate of drug-likeness (QED) is 0.499. The zero-order valence-corrected chi connectivity index (χ0v) is 9.84. The zero-order valence-electron chi connectivity index (χ0n) is 9.84. The number of aliphatic carboxylic acids is 1. The van der Waals surface area contributed by atoms with E-state index in [4.69, 9.17) is 5.11 Å². The van der Waals surface area contributed by atoms with Crippen molar-refractivity contribution in [1.29, 1.82) is 0 Å². The lowest BCUT2D eigenvalue weighted by molar-refractivity contribution is -0.139. The Kier molecular flexibility index (Phi) is 5.20. The topological polar surface area (TPSA) is 63.6 Å². The maximum Gasteiger partial charge on any atom is 0.328 e. The summed E-state index contributed by atoms with van der Waals surface area (Å²) in [5, 5.41) is 8.47. The summed E-state index contributed by atoms with van der Waals surface area (Å²) in [4.78, 5) is 21.1. The molecule has 1 aromatic carbocycles. The van der Waals surface area contributed by atoms with Crippen LogP contribution in [0.5, 0.6) is 0 Å². The molecule has 0 aliphatic heterocycles. The third-order valence-electron chi connectivity index (χ3n) is 2.02. The number of carbonyl (C=O) groups is 2. The Morgan fingerprint density at radius 2 is 2.00 bits per heavy atom. The van der Waals surface area contributed by atoms with Gasteiger partial charge in [0, 0.05) is 11.6 Å². The highest BCUT2D eigenvalue weighted by molar-refractivity contribution is 5.85. The Labute approximate surface area is 105 Å². The van der Waals surface area contributed by atoms with Crippen molar-refractivity contribution in [2.75, 3.05) is 7.11 Å². The summed E-state index contributed by atoms with van der Waals surface area (Å²) in [5.74, 6) is 4.14. The molecule has 0 aliphatic rings. The Balaban J connectivity index is 2.65. The number of carbonyl (C=O) groups excluding carboxylic acids is 1.